The monoisotopic (exact) mass is 519 g/mol. The van der Waals surface area contributed by atoms with E-state index in [1.54, 1.807) is 41.6 Å². The molecule has 190 valence electrons. The van der Waals surface area contributed by atoms with Gasteiger partial charge in [0, 0.05) is 37.7 Å². The Kier molecular flexibility index (Phi) is 8.94. The zero-order valence-electron chi connectivity index (χ0n) is 20.8. The Labute approximate surface area is 212 Å². The highest BCUT2D eigenvalue weighted by Gasteiger charge is 2.36. The van der Waals surface area contributed by atoms with Crippen LogP contribution in [0.15, 0.2) is 34.0 Å². The van der Waals surface area contributed by atoms with Gasteiger partial charge < -0.3 is 14.7 Å². The fraction of sp³-hybridized carbons (Fsp3) is 0.520. The third kappa shape index (κ3) is 6.41. The molecule has 10 heteroatoms. The molecule has 1 amide bonds. The molecule has 1 aliphatic rings. The van der Waals surface area contributed by atoms with Crippen LogP contribution in [0.3, 0.4) is 0 Å². The van der Waals surface area contributed by atoms with Crippen molar-refractivity contribution in [1.82, 2.24) is 14.2 Å². The number of rotatable bonds is 7. The maximum Gasteiger partial charge on any atom is 0.259 e. The summed E-state index contributed by atoms with van der Waals surface area (Å²) in [5.74, 6) is 6.19. The number of pyridine rings is 1. The summed E-state index contributed by atoms with van der Waals surface area (Å²) in [6.45, 7) is 8.00. The van der Waals surface area contributed by atoms with Crippen molar-refractivity contribution in [3.63, 3.8) is 0 Å². The summed E-state index contributed by atoms with van der Waals surface area (Å²) >= 11 is 1.16. The van der Waals surface area contributed by atoms with Gasteiger partial charge in [-0.05, 0) is 30.4 Å². The zero-order valence-corrected chi connectivity index (χ0v) is 22.4. The minimum Gasteiger partial charge on any atom is -0.472 e. The van der Waals surface area contributed by atoms with Gasteiger partial charge in [-0.25, -0.2) is 13.4 Å². The van der Waals surface area contributed by atoms with Gasteiger partial charge in [0.2, 0.25) is 5.88 Å². The molecule has 0 bridgehead atoms. The second kappa shape index (κ2) is 11.5. The SMILES string of the molecule is CC(C)CC#Cc1cnc2c(c1)C(=O)N([C@H](C)CO)C[C@H](C)[C@@H](CN(C)S(=O)(=O)c1cccs1)O2. The average molecular weight is 520 g/mol. The van der Waals surface area contributed by atoms with Crippen molar-refractivity contribution in [3.05, 3.63) is 40.9 Å². The van der Waals surface area contributed by atoms with E-state index in [2.05, 4.69) is 30.7 Å². The minimum absolute atomic E-state index is 0.0774. The summed E-state index contributed by atoms with van der Waals surface area (Å²) in [4.78, 5) is 19.4. The van der Waals surface area contributed by atoms with Crippen LogP contribution < -0.4 is 4.74 Å². The standard InChI is InChI=1S/C25H33N3O5S2/c1-17(2)8-6-9-20-12-21-24(26-13-20)33-22(18(3)14-28(25(21)30)19(4)16-29)15-27(5)35(31,32)23-10-7-11-34-23/h7,10-13,17-19,22,29H,8,14-16H2,1-5H3/t18-,19+,22+/m0/s1. The van der Waals surface area contributed by atoms with Crippen LogP contribution in [0.4, 0.5) is 0 Å². The van der Waals surface area contributed by atoms with Crippen LogP contribution in [-0.4, -0.2) is 72.5 Å². The summed E-state index contributed by atoms with van der Waals surface area (Å²) in [6, 6.07) is 4.50. The lowest BCUT2D eigenvalue weighted by Crippen LogP contribution is -2.50. The van der Waals surface area contributed by atoms with Crippen LogP contribution in [0.25, 0.3) is 0 Å². The molecular weight excluding hydrogens is 486 g/mol. The van der Waals surface area contributed by atoms with Gasteiger partial charge in [-0.1, -0.05) is 38.7 Å². The smallest absolute Gasteiger partial charge is 0.259 e. The van der Waals surface area contributed by atoms with Crippen LogP contribution >= 0.6 is 11.3 Å². The molecule has 0 aliphatic carbocycles. The van der Waals surface area contributed by atoms with Gasteiger partial charge in [0.25, 0.3) is 15.9 Å². The number of thiophene rings is 1. The van der Waals surface area contributed by atoms with Crippen LogP contribution in [-0.2, 0) is 10.0 Å². The number of aromatic nitrogens is 1. The lowest BCUT2D eigenvalue weighted by molar-refractivity contribution is 0.0373. The van der Waals surface area contributed by atoms with Crippen molar-refractivity contribution in [3.8, 4) is 17.7 Å². The summed E-state index contributed by atoms with van der Waals surface area (Å²) in [5, 5.41) is 11.5. The molecular formula is C25H33N3O5S2. The average Bonchev–Trinajstić information content (AvgIpc) is 3.36. The Balaban J connectivity index is 1.97. The first-order chi connectivity index (χ1) is 16.5. The van der Waals surface area contributed by atoms with Crippen LogP contribution in [0.1, 0.15) is 50.0 Å². The van der Waals surface area contributed by atoms with Crippen molar-refractivity contribution >= 4 is 27.3 Å². The summed E-state index contributed by atoms with van der Waals surface area (Å²) in [6.07, 6.45) is 1.72. The fourth-order valence-electron chi connectivity index (χ4n) is 3.66. The molecule has 0 spiro atoms. The molecule has 0 saturated carbocycles. The van der Waals surface area contributed by atoms with E-state index in [1.165, 1.54) is 11.4 Å². The number of hydrogen-bond donors (Lipinski definition) is 1. The first kappa shape index (κ1) is 27.1. The van der Waals surface area contributed by atoms with E-state index in [1.807, 2.05) is 6.92 Å². The molecule has 3 atom stereocenters. The second-order valence-electron chi connectivity index (χ2n) is 9.32. The number of ether oxygens (including phenoxy) is 1. The molecule has 3 heterocycles. The highest BCUT2D eigenvalue weighted by Crippen LogP contribution is 2.28. The molecule has 0 fully saturated rings. The van der Waals surface area contributed by atoms with E-state index in [9.17, 15) is 18.3 Å². The number of fused-ring (bicyclic) bond motifs is 1. The number of carbonyl (C=O) groups is 1. The maximum absolute atomic E-state index is 13.5. The predicted molar refractivity (Wildman–Crippen MR) is 136 cm³/mol. The topological polar surface area (TPSA) is 100 Å². The Bertz CT molecular complexity index is 1190. The second-order valence-corrected chi connectivity index (χ2v) is 12.5. The van der Waals surface area contributed by atoms with Crippen molar-refractivity contribution in [2.24, 2.45) is 11.8 Å². The Morgan fingerprint density at radius 3 is 2.74 bits per heavy atom. The molecule has 1 aliphatic heterocycles. The van der Waals surface area contributed by atoms with Gasteiger partial charge in [0.15, 0.2) is 0 Å². The zero-order chi connectivity index (χ0) is 25.8. The molecule has 1 N–H and O–H groups in total. The lowest BCUT2D eigenvalue weighted by atomic mass is 10.00. The van der Waals surface area contributed by atoms with Crippen LogP contribution in [0.2, 0.25) is 0 Å². The van der Waals surface area contributed by atoms with Crippen molar-refractivity contribution in [1.29, 1.82) is 0 Å². The Morgan fingerprint density at radius 1 is 1.37 bits per heavy atom. The maximum atomic E-state index is 13.5. The number of nitrogens with zero attached hydrogens (tertiary/aromatic N) is 3. The predicted octanol–water partition coefficient (Wildman–Crippen LogP) is 3.08. The molecule has 35 heavy (non-hydrogen) atoms. The molecule has 2 aromatic heterocycles. The highest BCUT2D eigenvalue weighted by atomic mass is 32.2. The van der Waals surface area contributed by atoms with Gasteiger partial charge in [-0.15, -0.1) is 11.3 Å². The van der Waals surface area contributed by atoms with Gasteiger partial charge in [-0.3, -0.25) is 4.79 Å². The van der Waals surface area contributed by atoms with Crippen LogP contribution in [0.5, 0.6) is 5.88 Å². The molecule has 0 radical (unpaired) electrons. The summed E-state index contributed by atoms with van der Waals surface area (Å²) < 4.78 is 33.7. The van der Waals surface area contributed by atoms with Crippen molar-refractivity contribution in [2.45, 2.75) is 50.5 Å². The number of hydrogen-bond acceptors (Lipinski definition) is 7. The minimum atomic E-state index is -3.67. The number of sulfonamides is 1. The highest BCUT2D eigenvalue weighted by molar-refractivity contribution is 7.91. The van der Waals surface area contributed by atoms with E-state index in [4.69, 9.17) is 4.74 Å². The van der Waals surface area contributed by atoms with E-state index in [0.29, 0.717) is 18.0 Å². The molecule has 0 saturated heterocycles. The quantitative estimate of drug-likeness (QED) is 0.565. The van der Waals surface area contributed by atoms with Crippen LogP contribution in [0, 0.1) is 23.7 Å². The molecule has 2 aromatic rings. The molecule has 0 aromatic carbocycles. The third-order valence-electron chi connectivity index (χ3n) is 5.86. The van der Waals surface area contributed by atoms with Gasteiger partial charge in [-0.2, -0.15) is 4.31 Å². The number of likely N-dealkylation sites (N-methyl/N-ethyl adjacent to an activating group) is 1. The van der Waals surface area contributed by atoms with Crippen molar-refractivity contribution in [2.75, 3.05) is 26.7 Å². The molecule has 0 unspecified atom stereocenters. The number of amides is 1. The van der Waals surface area contributed by atoms with Gasteiger partial charge in [0.05, 0.1) is 19.2 Å². The number of aliphatic hydroxyl groups is 1. The Hall–Kier alpha value is -2.45. The fourth-order valence-corrected chi connectivity index (χ4v) is 6.05. The van der Waals surface area contributed by atoms with E-state index in [0.717, 1.165) is 17.8 Å². The van der Waals surface area contributed by atoms with Crippen molar-refractivity contribution < 1.29 is 23.1 Å². The van der Waals surface area contributed by atoms with Gasteiger partial charge >= 0.3 is 0 Å². The first-order valence-electron chi connectivity index (χ1n) is 11.6. The normalized spacial score (nSPS) is 19.4. The number of aliphatic hydroxyl groups excluding tert-OH is 1. The Morgan fingerprint density at radius 2 is 2.11 bits per heavy atom. The van der Waals surface area contributed by atoms with E-state index >= 15 is 0 Å². The lowest BCUT2D eigenvalue weighted by Gasteiger charge is -2.37. The largest absolute Gasteiger partial charge is 0.472 e. The number of carbonyl (C=O) groups excluding carboxylic acids is 1. The first-order valence-corrected chi connectivity index (χ1v) is 13.9. The molecule has 3 rings (SSSR count). The van der Waals surface area contributed by atoms with E-state index < -0.39 is 22.2 Å². The summed E-state index contributed by atoms with van der Waals surface area (Å²) in [7, 11) is -2.15. The third-order valence-corrected chi connectivity index (χ3v) is 9.06. The summed E-state index contributed by atoms with van der Waals surface area (Å²) in [5.41, 5.74) is 0.850. The molecule has 8 nitrogen and oxygen atoms in total. The van der Waals surface area contributed by atoms with E-state index in [-0.39, 0.29) is 40.6 Å². The van der Waals surface area contributed by atoms with Gasteiger partial charge in [0.1, 0.15) is 15.9 Å².